The van der Waals surface area contributed by atoms with Crippen molar-refractivity contribution >= 4 is 5.97 Å². The van der Waals surface area contributed by atoms with Crippen LogP contribution in [0.2, 0.25) is 0 Å². The first kappa shape index (κ1) is 21.6. The van der Waals surface area contributed by atoms with Crippen molar-refractivity contribution in [3.05, 3.63) is 0 Å². The van der Waals surface area contributed by atoms with E-state index in [0.29, 0.717) is 18.8 Å². The summed E-state index contributed by atoms with van der Waals surface area (Å²) in [5, 5.41) is 42.8. The summed E-state index contributed by atoms with van der Waals surface area (Å²) in [7, 11) is 0. The van der Waals surface area contributed by atoms with Crippen LogP contribution in [-0.2, 0) is 4.79 Å². The average Bonchev–Trinajstić information content (AvgIpc) is 3.01. The first-order valence-electron chi connectivity index (χ1n) is 11.9. The molecule has 0 bridgehead atoms. The van der Waals surface area contributed by atoms with Gasteiger partial charge in [0.1, 0.15) is 0 Å². The maximum absolute atomic E-state index is 11.5. The van der Waals surface area contributed by atoms with E-state index in [2.05, 4.69) is 20.8 Å². The molecule has 0 saturated heterocycles. The fourth-order valence-corrected chi connectivity index (χ4v) is 8.77. The molecule has 5 heteroatoms. The van der Waals surface area contributed by atoms with Gasteiger partial charge in [0.05, 0.1) is 18.3 Å². The van der Waals surface area contributed by atoms with Gasteiger partial charge in [0, 0.05) is 6.42 Å². The predicted octanol–water partition coefficient (Wildman–Crippen LogP) is 3.45. The Morgan fingerprint density at radius 1 is 0.966 bits per heavy atom. The van der Waals surface area contributed by atoms with Crippen LogP contribution in [0.15, 0.2) is 0 Å². The molecule has 4 saturated carbocycles. The topological polar surface area (TPSA) is 98.0 Å². The average molecular weight is 409 g/mol. The Balaban J connectivity index is 1.64. The summed E-state index contributed by atoms with van der Waals surface area (Å²) in [5.41, 5.74) is -0.486. The van der Waals surface area contributed by atoms with Crippen molar-refractivity contribution in [3.63, 3.8) is 0 Å². The third kappa shape index (κ3) is 3.10. The summed E-state index contributed by atoms with van der Waals surface area (Å²) in [6.07, 6.45) is 6.01. The predicted molar refractivity (Wildman–Crippen MR) is 110 cm³/mol. The quantitative estimate of drug-likeness (QED) is 0.571. The summed E-state index contributed by atoms with van der Waals surface area (Å²) >= 11 is 0. The number of rotatable bonds is 4. The summed E-state index contributed by atoms with van der Waals surface area (Å²) in [6.45, 7) is 6.56. The molecule has 29 heavy (non-hydrogen) atoms. The number of carboxylic acids is 1. The third-order valence-corrected chi connectivity index (χ3v) is 10.4. The van der Waals surface area contributed by atoms with Gasteiger partial charge in [-0.25, -0.2) is 0 Å². The largest absolute Gasteiger partial charge is 0.481 e. The highest BCUT2D eigenvalue weighted by Gasteiger charge is 2.66. The molecule has 0 aromatic rings. The van der Waals surface area contributed by atoms with Gasteiger partial charge in [-0.1, -0.05) is 27.2 Å². The third-order valence-electron chi connectivity index (χ3n) is 10.4. The van der Waals surface area contributed by atoms with Crippen LogP contribution in [0.4, 0.5) is 0 Å². The number of aliphatic hydroxyl groups is 3. The minimum atomic E-state index is -0.756. The molecule has 4 aliphatic carbocycles. The molecule has 0 aromatic carbocycles. The van der Waals surface area contributed by atoms with Crippen molar-refractivity contribution in [2.75, 3.05) is 0 Å². The van der Waals surface area contributed by atoms with Gasteiger partial charge in [-0.05, 0) is 91.3 Å². The monoisotopic (exact) mass is 408 g/mol. The molecule has 4 N–H and O–H groups in total. The molecule has 0 spiro atoms. The number of aliphatic carboxylic acids is 1. The van der Waals surface area contributed by atoms with Crippen LogP contribution < -0.4 is 0 Å². The zero-order valence-electron chi connectivity index (χ0n) is 18.3. The molecule has 4 aliphatic rings. The highest BCUT2D eigenvalue weighted by atomic mass is 16.4. The second kappa shape index (κ2) is 7.49. The molecular weight excluding hydrogens is 368 g/mol. The molecule has 166 valence electrons. The van der Waals surface area contributed by atoms with E-state index in [-0.39, 0.29) is 59.0 Å². The first-order chi connectivity index (χ1) is 13.6. The van der Waals surface area contributed by atoms with Gasteiger partial charge in [0.2, 0.25) is 0 Å². The Hall–Kier alpha value is -0.650. The lowest BCUT2D eigenvalue weighted by Crippen LogP contribution is -2.64. The Labute approximate surface area is 174 Å². The van der Waals surface area contributed by atoms with Gasteiger partial charge in [-0.15, -0.1) is 0 Å². The molecule has 0 aromatic heterocycles. The molecule has 0 radical (unpaired) electrons. The van der Waals surface area contributed by atoms with Gasteiger partial charge < -0.3 is 20.4 Å². The lowest BCUT2D eigenvalue weighted by Gasteiger charge is -2.64. The minimum absolute atomic E-state index is 0.133. The van der Waals surface area contributed by atoms with Gasteiger partial charge >= 0.3 is 5.97 Å². The molecular formula is C24H40O5. The van der Waals surface area contributed by atoms with E-state index in [1.807, 2.05) is 0 Å². The van der Waals surface area contributed by atoms with E-state index in [0.717, 1.165) is 38.5 Å². The first-order valence-corrected chi connectivity index (χ1v) is 11.9. The van der Waals surface area contributed by atoms with Crippen LogP contribution in [0.1, 0.15) is 78.6 Å². The Morgan fingerprint density at radius 3 is 2.38 bits per heavy atom. The number of hydrogen-bond acceptors (Lipinski definition) is 4. The molecule has 0 amide bonds. The van der Waals surface area contributed by atoms with Crippen LogP contribution >= 0.6 is 0 Å². The van der Waals surface area contributed by atoms with Crippen LogP contribution in [0, 0.1) is 46.3 Å². The second-order valence-corrected chi connectivity index (χ2v) is 11.3. The van der Waals surface area contributed by atoms with Crippen LogP contribution in [-0.4, -0.2) is 44.7 Å². The van der Waals surface area contributed by atoms with E-state index in [4.69, 9.17) is 5.11 Å². The summed E-state index contributed by atoms with van der Waals surface area (Å²) in [6, 6.07) is 0. The van der Waals surface area contributed by atoms with Crippen molar-refractivity contribution < 1.29 is 25.2 Å². The Kier molecular flexibility index (Phi) is 5.57. The SMILES string of the molecule is C[C@H](CCC(=O)O)[C@H]1CC[C@H]2[C@@H]3[C@H](O)C[C@@H]4CCCC(O)[C@]4(C)[C@H]3CC(O)[C@]12C. The summed E-state index contributed by atoms with van der Waals surface area (Å²) < 4.78 is 0. The smallest absolute Gasteiger partial charge is 0.303 e. The zero-order chi connectivity index (χ0) is 21.1. The lowest BCUT2D eigenvalue weighted by atomic mass is 9.42. The van der Waals surface area contributed by atoms with Crippen molar-refractivity contribution in [2.24, 2.45) is 46.3 Å². The van der Waals surface area contributed by atoms with Gasteiger partial charge in [-0.2, -0.15) is 0 Å². The maximum atomic E-state index is 11.5. The molecule has 5 nitrogen and oxygen atoms in total. The van der Waals surface area contributed by atoms with Crippen LogP contribution in [0.25, 0.3) is 0 Å². The van der Waals surface area contributed by atoms with Crippen molar-refractivity contribution in [2.45, 2.75) is 96.9 Å². The van der Waals surface area contributed by atoms with Gasteiger partial charge in [0.25, 0.3) is 0 Å². The maximum Gasteiger partial charge on any atom is 0.303 e. The van der Waals surface area contributed by atoms with Crippen LogP contribution in [0.5, 0.6) is 0 Å². The fraction of sp³-hybridized carbons (Fsp3) is 0.958. The summed E-state index contributed by atoms with van der Waals surface area (Å²) in [5.74, 6) is 0.658. The highest BCUT2D eigenvalue weighted by Crippen LogP contribution is 2.68. The molecule has 0 aliphatic heterocycles. The standard InChI is InChI=1S/C24H40O5/c1-13(7-10-21(28)29)15-8-9-16-22-17(12-20(27)24(15,16)3)23(2)14(11-18(22)25)5-4-6-19(23)26/h13-20,22,25-27H,4-12H2,1-3H3,(H,28,29)/t13-,14+,15-,16+,17+,18-,19?,20?,22+,23+,24-/m1/s1. The van der Waals surface area contributed by atoms with E-state index < -0.39 is 12.1 Å². The van der Waals surface area contributed by atoms with Gasteiger partial charge in [0.15, 0.2) is 0 Å². The van der Waals surface area contributed by atoms with Crippen molar-refractivity contribution in [3.8, 4) is 0 Å². The van der Waals surface area contributed by atoms with E-state index >= 15 is 0 Å². The number of carbonyl (C=O) groups is 1. The second-order valence-electron chi connectivity index (χ2n) is 11.3. The zero-order valence-corrected chi connectivity index (χ0v) is 18.3. The Morgan fingerprint density at radius 2 is 1.69 bits per heavy atom. The molecule has 2 unspecified atom stereocenters. The molecule has 0 heterocycles. The number of hydrogen-bond donors (Lipinski definition) is 4. The van der Waals surface area contributed by atoms with E-state index in [1.165, 1.54) is 0 Å². The number of fused-ring (bicyclic) bond motifs is 5. The molecule has 4 rings (SSSR count). The lowest BCUT2D eigenvalue weighted by molar-refractivity contribution is -0.225. The van der Waals surface area contributed by atoms with Crippen molar-refractivity contribution in [1.29, 1.82) is 0 Å². The Bertz CT molecular complexity index is 637. The van der Waals surface area contributed by atoms with Crippen molar-refractivity contribution in [1.82, 2.24) is 0 Å². The number of carboxylic acid groups (broad SMARTS) is 1. The van der Waals surface area contributed by atoms with Gasteiger partial charge in [-0.3, -0.25) is 4.79 Å². The normalized spacial score (nSPS) is 52.9. The summed E-state index contributed by atoms with van der Waals surface area (Å²) in [4.78, 5) is 11.1. The van der Waals surface area contributed by atoms with Crippen LogP contribution in [0.3, 0.4) is 0 Å². The van der Waals surface area contributed by atoms with E-state index in [9.17, 15) is 20.1 Å². The molecule has 11 atom stereocenters. The molecule has 4 fully saturated rings. The number of aliphatic hydroxyl groups excluding tert-OH is 3. The van der Waals surface area contributed by atoms with E-state index in [1.54, 1.807) is 0 Å². The minimum Gasteiger partial charge on any atom is -0.481 e. The highest BCUT2D eigenvalue weighted by molar-refractivity contribution is 5.66. The fourth-order valence-electron chi connectivity index (χ4n) is 8.77.